The molecule has 0 spiro atoms. The summed E-state index contributed by atoms with van der Waals surface area (Å²) < 4.78 is 7.08. The van der Waals surface area contributed by atoms with Gasteiger partial charge in [0.1, 0.15) is 10.6 Å². The number of nitrogens with one attached hydrogen (secondary N) is 2. The molecule has 0 bridgehead atoms. The third kappa shape index (κ3) is 3.09. The number of benzene rings is 1. The maximum Gasteiger partial charge on any atom is 0.270 e. The fourth-order valence-corrected chi connectivity index (χ4v) is 3.43. The molecular weight excluding hydrogens is 350 g/mol. The van der Waals surface area contributed by atoms with Crippen molar-refractivity contribution in [1.82, 2.24) is 19.5 Å². The number of H-pyrrole nitrogens is 1. The fourth-order valence-electron chi connectivity index (χ4n) is 2.48. The standard InChI is InChI=1S/C18H15N5O2S/c1-25-13-6-4-12(5-7-13)14-15(16(24)22-17-19-8-9-20-17)26-18(21-14)23-10-2-3-11-23/h2-11H,1H3,(H2,19,20,22,24). The zero-order chi connectivity index (χ0) is 17.9. The van der Waals surface area contributed by atoms with Crippen LogP contribution in [0.25, 0.3) is 16.4 Å². The number of hydrogen-bond acceptors (Lipinski definition) is 5. The highest BCUT2D eigenvalue weighted by atomic mass is 32.1. The van der Waals surface area contributed by atoms with Crippen molar-refractivity contribution in [2.75, 3.05) is 12.4 Å². The molecule has 0 saturated carbocycles. The highest BCUT2D eigenvalue weighted by Crippen LogP contribution is 2.31. The van der Waals surface area contributed by atoms with Crippen molar-refractivity contribution in [3.05, 3.63) is 66.1 Å². The number of carbonyl (C=O) groups is 1. The van der Waals surface area contributed by atoms with Crippen LogP contribution in [0.15, 0.2) is 61.2 Å². The third-order valence-corrected chi connectivity index (χ3v) is 4.81. The fraction of sp³-hybridized carbons (Fsp3) is 0.0556. The summed E-state index contributed by atoms with van der Waals surface area (Å²) >= 11 is 1.32. The van der Waals surface area contributed by atoms with Crippen LogP contribution in [0.1, 0.15) is 9.67 Å². The lowest BCUT2D eigenvalue weighted by Crippen LogP contribution is -2.12. The van der Waals surface area contributed by atoms with Crippen LogP contribution in [0.4, 0.5) is 5.95 Å². The van der Waals surface area contributed by atoms with Gasteiger partial charge in [0.25, 0.3) is 5.91 Å². The Labute approximate surface area is 153 Å². The van der Waals surface area contributed by atoms with Crippen LogP contribution in [0.2, 0.25) is 0 Å². The maximum atomic E-state index is 12.8. The van der Waals surface area contributed by atoms with E-state index in [4.69, 9.17) is 4.74 Å². The summed E-state index contributed by atoms with van der Waals surface area (Å²) in [6, 6.07) is 11.3. The van der Waals surface area contributed by atoms with Gasteiger partial charge in [-0.3, -0.25) is 10.1 Å². The number of imidazole rings is 1. The van der Waals surface area contributed by atoms with E-state index in [9.17, 15) is 4.79 Å². The minimum absolute atomic E-state index is 0.262. The molecule has 0 aliphatic heterocycles. The lowest BCUT2D eigenvalue weighted by molar-refractivity contribution is 0.103. The summed E-state index contributed by atoms with van der Waals surface area (Å²) in [5.41, 5.74) is 1.45. The molecule has 1 aromatic carbocycles. The van der Waals surface area contributed by atoms with Crippen molar-refractivity contribution in [3.8, 4) is 22.1 Å². The number of aromatic amines is 1. The van der Waals surface area contributed by atoms with E-state index < -0.39 is 0 Å². The molecular formula is C18H15N5O2S. The van der Waals surface area contributed by atoms with Crippen LogP contribution < -0.4 is 10.1 Å². The Morgan fingerprint density at radius 2 is 2.00 bits per heavy atom. The first kappa shape index (κ1) is 16.1. The molecule has 0 aliphatic carbocycles. The molecule has 1 amide bonds. The molecule has 4 rings (SSSR count). The van der Waals surface area contributed by atoms with E-state index in [0.717, 1.165) is 11.3 Å². The van der Waals surface area contributed by atoms with Gasteiger partial charge in [0.2, 0.25) is 5.95 Å². The molecule has 0 unspecified atom stereocenters. The van der Waals surface area contributed by atoms with E-state index in [1.807, 2.05) is 53.4 Å². The number of aromatic nitrogens is 4. The van der Waals surface area contributed by atoms with Crippen molar-refractivity contribution in [2.24, 2.45) is 0 Å². The van der Waals surface area contributed by atoms with Crippen LogP contribution in [0, 0.1) is 0 Å². The van der Waals surface area contributed by atoms with Crippen LogP contribution in [-0.4, -0.2) is 32.5 Å². The molecule has 3 heterocycles. The lowest BCUT2D eigenvalue weighted by Gasteiger charge is -2.04. The van der Waals surface area contributed by atoms with Crippen molar-refractivity contribution in [2.45, 2.75) is 0 Å². The summed E-state index contributed by atoms with van der Waals surface area (Å²) in [5, 5.41) is 3.47. The topological polar surface area (TPSA) is 84.8 Å². The van der Waals surface area contributed by atoms with E-state index in [0.29, 0.717) is 21.7 Å². The van der Waals surface area contributed by atoms with E-state index in [2.05, 4.69) is 20.3 Å². The number of rotatable bonds is 5. The second-order valence-electron chi connectivity index (χ2n) is 5.38. The van der Waals surface area contributed by atoms with E-state index >= 15 is 0 Å². The van der Waals surface area contributed by atoms with Crippen molar-refractivity contribution >= 4 is 23.2 Å². The number of hydrogen-bond donors (Lipinski definition) is 2. The lowest BCUT2D eigenvalue weighted by atomic mass is 10.1. The Hall–Kier alpha value is -3.39. The highest BCUT2D eigenvalue weighted by Gasteiger charge is 2.21. The number of thiazole rings is 1. The first-order valence-electron chi connectivity index (χ1n) is 7.84. The Kier molecular flexibility index (Phi) is 4.24. The number of ether oxygens (including phenoxy) is 1. The first-order chi connectivity index (χ1) is 12.7. The van der Waals surface area contributed by atoms with Gasteiger partial charge >= 0.3 is 0 Å². The Morgan fingerprint density at radius 3 is 2.65 bits per heavy atom. The van der Waals surface area contributed by atoms with Crippen LogP contribution in [-0.2, 0) is 0 Å². The average molecular weight is 365 g/mol. The molecule has 7 nitrogen and oxygen atoms in total. The normalized spacial score (nSPS) is 10.7. The smallest absolute Gasteiger partial charge is 0.270 e. The van der Waals surface area contributed by atoms with Gasteiger partial charge in [0.05, 0.1) is 12.8 Å². The van der Waals surface area contributed by atoms with Gasteiger partial charge in [-0.25, -0.2) is 9.97 Å². The quantitative estimate of drug-likeness (QED) is 0.566. The van der Waals surface area contributed by atoms with Crippen molar-refractivity contribution in [3.63, 3.8) is 0 Å². The molecule has 4 aromatic rings. The second-order valence-corrected chi connectivity index (χ2v) is 6.36. The minimum Gasteiger partial charge on any atom is -0.497 e. The second kappa shape index (κ2) is 6.85. The predicted octanol–water partition coefficient (Wildman–Crippen LogP) is 3.58. The number of nitrogens with zero attached hydrogens (tertiary/aromatic N) is 3. The van der Waals surface area contributed by atoms with E-state index in [1.165, 1.54) is 11.3 Å². The van der Waals surface area contributed by atoms with Crippen molar-refractivity contribution < 1.29 is 9.53 Å². The SMILES string of the molecule is COc1ccc(-c2nc(-n3cccc3)sc2C(=O)Nc2ncc[nH]2)cc1. The van der Waals surface area contributed by atoms with Crippen LogP contribution in [0.3, 0.4) is 0 Å². The number of amides is 1. The van der Waals surface area contributed by atoms with Gasteiger partial charge in [0, 0.05) is 30.4 Å². The Balaban J connectivity index is 1.76. The van der Waals surface area contributed by atoms with Crippen LogP contribution >= 0.6 is 11.3 Å². The minimum atomic E-state index is -0.262. The molecule has 0 radical (unpaired) electrons. The monoisotopic (exact) mass is 365 g/mol. The van der Waals surface area contributed by atoms with E-state index in [-0.39, 0.29) is 5.91 Å². The summed E-state index contributed by atoms with van der Waals surface area (Å²) in [6.45, 7) is 0. The summed E-state index contributed by atoms with van der Waals surface area (Å²) in [6.07, 6.45) is 7.02. The highest BCUT2D eigenvalue weighted by molar-refractivity contribution is 7.16. The van der Waals surface area contributed by atoms with Gasteiger partial charge in [-0.05, 0) is 36.4 Å². The third-order valence-electron chi connectivity index (χ3n) is 3.74. The Morgan fingerprint density at radius 1 is 1.23 bits per heavy atom. The average Bonchev–Trinajstić information content (AvgIpc) is 3.42. The molecule has 0 atom stereocenters. The summed E-state index contributed by atoms with van der Waals surface area (Å²) in [4.78, 5) is 24.9. The Bertz CT molecular complexity index is 1000. The number of anilines is 1. The van der Waals surface area contributed by atoms with Crippen molar-refractivity contribution in [1.29, 1.82) is 0 Å². The molecule has 2 N–H and O–H groups in total. The van der Waals surface area contributed by atoms with E-state index in [1.54, 1.807) is 19.5 Å². The summed E-state index contributed by atoms with van der Waals surface area (Å²) in [7, 11) is 1.62. The zero-order valence-electron chi connectivity index (χ0n) is 13.8. The molecule has 0 saturated heterocycles. The molecule has 3 aromatic heterocycles. The number of methoxy groups -OCH3 is 1. The molecule has 0 fully saturated rings. The van der Waals surface area contributed by atoms with Gasteiger partial charge in [-0.1, -0.05) is 11.3 Å². The van der Waals surface area contributed by atoms with Gasteiger partial charge < -0.3 is 14.3 Å². The predicted molar refractivity (Wildman–Crippen MR) is 100.0 cm³/mol. The maximum absolute atomic E-state index is 12.8. The summed E-state index contributed by atoms with van der Waals surface area (Å²) in [5.74, 6) is 0.879. The zero-order valence-corrected chi connectivity index (χ0v) is 14.7. The molecule has 26 heavy (non-hydrogen) atoms. The van der Waals surface area contributed by atoms with Gasteiger partial charge in [-0.15, -0.1) is 0 Å². The molecule has 0 aliphatic rings. The van der Waals surface area contributed by atoms with Gasteiger partial charge in [0.15, 0.2) is 5.13 Å². The van der Waals surface area contributed by atoms with Gasteiger partial charge in [-0.2, -0.15) is 0 Å². The molecule has 130 valence electrons. The molecule has 8 heteroatoms. The first-order valence-corrected chi connectivity index (χ1v) is 8.65. The largest absolute Gasteiger partial charge is 0.497 e. The number of carbonyl (C=O) groups excluding carboxylic acids is 1. The van der Waals surface area contributed by atoms with Crippen LogP contribution in [0.5, 0.6) is 5.75 Å².